The van der Waals surface area contributed by atoms with Crippen LogP contribution in [0.4, 0.5) is 0 Å². The molecule has 2 aromatic carbocycles. The Hall–Kier alpha value is -1.94. The van der Waals surface area contributed by atoms with E-state index in [0.717, 1.165) is 10.8 Å². The Morgan fingerprint density at radius 2 is 1.70 bits per heavy atom. The predicted molar refractivity (Wildman–Crippen MR) is 78.0 cm³/mol. The molecule has 20 heavy (non-hydrogen) atoms. The van der Waals surface area contributed by atoms with Crippen molar-refractivity contribution in [2.45, 2.75) is 6.92 Å². The molecule has 0 radical (unpaired) electrons. The average Bonchev–Trinajstić information content (AvgIpc) is 2.47. The fraction of sp³-hybridized carbons (Fsp3) is 0.267. The first-order valence-electron chi connectivity index (χ1n) is 6.15. The van der Waals surface area contributed by atoms with E-state index in [4.69, 9.17) is 25.8 Å². The molecule has 0 saturated heterocycles. The molecule has 0 fully saturated rings. The molecule has 0 bridgehead atoms. The lowest BCUT2D eigenvalue weighted by Crippen LogP contribution is -2.10. The first kappa shape index (κ1) is 14.5. The number of methoxy groups -OCH3 is 2. The highest BCUT2D eigenvalue weighted by Gasteiger charge is 2.26. The van der Waals surface area contributed by atoms with E-state index in [1.807, 2.05) is 24.3 Å². The Labute approximate surface area is 122 Å². The number of benzene rings is 2. The Kier molecular flexibility index (Phi) is 4.35. The number of halogens is 1. The van der Waals surface area contributed by atoms with E-state index in [1.54, 1.807) is 6.92 Å². The van der Waals surface area contributed by atoms with Crippen LogP contribution in [-0.2, 0) is 4.74 Å². The molecule has 0 saturated carbocycles. The van der Waals surface area contributed by atoms with E-state index in [1.165, 1.54) is 14.2 Å². The molecule has 0 N–H and O–H groups in total. The number of fused-ring (bicyclic) bond motifs is 1. The summed E-state index contributed by atoms with van der Waals surface area (Å²) >= 11 is 6.33. The number of hydrogen-bond acceptors (Lipinski definition) is 4. The van der Waals surface area contributed by atoms with E-state index in [-0.39, 0.29) is 17.9 Å². The van der Waals surface area contributed by atoms with Crippen molar-refractivity contribution >= 4 is 28.3 Å². The highest BCUT2D eigenvalue weighted by molar-refractivity contribution is 6.38. The molecule has 0 aliphatic carbocycles. The van der Waals surface area contributed by atoms with Gasteiger partial charge in [-0.25, -0.2) is 4.79 Å². The predicted octanol–water partition coefficient (Wildman–Crippen LogP) is 3.69. The maximum Gasteiger partial charge on any atom is 0.345 e. The SMILES string of the molecule is CCOC(=O)c1c(OC)c(Cl)c2ccccc2c1OC. The van der Waals surface area contributed by atoms with Crippen LogP contribution in [0.25, 0.3) is 10.8 Å². The Bertz CT molecular complexity index is 652. The van der Waals surface area contributed by atoms with Gasteiger partial charge in [-0.1, -0.05) is 35.9 Å². The maximum absolute atomic E-state index is 12.2. The van der Waals surface area contributed by atoms with Gasteiger partial charge in [0, 0.05) is 10.8 Å². The maximum atomic E-state index is 12.2. The number of carbonyl (C=O) groups excluding carboxylic acids is 1. The minimum Gasteiger partial charge on any atom is -0.495 e. The average molecular weight is 295 g/mol. The molecule has 0 aliphatic rings. The van der Waals surface area contributed by atoms with Gasteiger partial charge in [0.2, 0.25) is 0 Å². The molecule has 0 amide bonds. The summed E-state index contributed by atoms with van der Waals surface area (Å²) in [5.41, 5.74) is 0.209. The van der Waals surface area contributed by atoms with Crippen molar-refractivity contribution in [1.82, 2.24) is 0 Å². The van der Waals surface area contributed by atoms with E-state index < -0.39 is 5.97 Å². The van der Waals surface area contributed by atoms with E-state index in [0.29, 0.717) is 10.8 Å². The third-order valence-corrected chi connectivity index (χ3v) is 3.32. The van der Waals surface area contributed by atoms with Crippen LogP contribution in [0.3, 0.4) is 0 Å². The number of hydrogen-bond donors (Lipinski definition) is 0. The molecule has 106 valence electrons. The van der Waals surface area contributed by atoms with Crippen LogP contribution in [-0.4, -0.2) is 26.8 Å². The monoisotopic (exact) mass is 294 g/mol. The van der Waals surface area contributed by atoms with E-state index >= 15 is 0 Å². The van der Waals surface area contributed by atoms with E-state index in [9.17, 15) is 4.79 Å². The number of carbonyl (C=O) groups is 1. The molecule has 2 rings (SSSR count). The molecule has 2 aromatic rings. The first-order valence-corrected chi connectivity index (χ1v) is 6.52. The second kappa shape index (κ2) is 6.01. The van der Waals surface area contributed by atoms with Crippen LogP contribution in [0.1, 0.15) is 17.3 Å². The fourth-order valence-electron chi connectivity index (χ4n) is 2.13. The van der Waals surface area contributed by atoms with Crippen molar-refractivity contribution in [2.75, 3.05) is 20.8 Å². The van der Waals surface area contributed by atoms with Gasteiger partial charge in [0.05, 0.1) is 25.8 Å². The zero-order chi connectivity index (χ0) is 14.7. The second-order valence-electron chi connectivity index (χ2n) is 4.02. The lowest BCUT2D eigenvalue weighted by molar-refractivity contribution is 0.0519. The number of esters is 1. The minimum absolute atomic E-state index is 0.209. The summed E-state index contributed by atoms with van der Waals surface area (Å²) in [4.78, 5) is 12.2. The smallest absolute Gasteiger partial charge is 0.345 e. The van der Waals surface area contributed by atoms with Crippen LogP contribution < -0.4 is 9.47 Å². The standard InChI is InChI=1S/C15H15ClO4/c1-4-20-15(17)11-13(18-2)10-8-6-5-7-9(10)12(16)14(11)19-3/h5-8H,4H2,1-3H3. The third kappa shape index (κ3) is 2.27. The van der Waals surface area contributed by atoms with Crippen molar-refractivity contribution in [3.05, 3.63) is 34.9 Å². The summed E-state index contributed by atoms with van der Waals surface area (Å²) in [5, 5.41) is 1.87. The Morgan fingerprint density at radius 1 is 1.10 bits per heavy atom. The Balaban J connectivity index is 2.86. The van der Waals surface area contributed by atoms with Crippen LogP contribution >= 0.6 is 11.6 Å². The van der Waals surface area contributed by atoms with E-state index in [2.05, 4.69) is 0 Å². The van der Waals surface area contributed by atoms with Crippen molar-refractivity contribution in [3.8, 4) is 11.5 Å². The molecular weight excluding hydrogens is 280 g/mol. The van der Waals surface area contributed by atoms with Gasteiger partial charge in [-0.3, -0.25) is 0 Å². The number of ether oxygens (including phenoxy) is 3. The highest BCUT2D eigenvalue weighted by Crippen LogP contribution is 2.43. The molecule has 0 heterocycles. The third-order valence-electron chi connectivity index (χ3n) is 2.95. The molecule has 0 spiro atoms. The summed E-state index contributed by atoms with van der Waals surface area (Å²) in [6.45, 7) is 2.00. The van der Waals surface area contributed by atoms with Gasteiger partial charge in [-0.15, -0.1) is 0 Å². The topological polar surface area (TPSA) is 44.8 Å². The van der Waals surface area contributed by atoms with Crippen molar-refractivity contribution in [3.63, 3.8) is 0 Å². The van der Waals surface area contributed by atoms with Gasteiger partial charge < -0.3 is 14.2 Å². The first-order chi connectivity index (χ1) is 9.65. The molecule has 0 aromatic heterocycles. The lowest BCUT2D eigenvalue weighted by atomic mass is 10.0. The summed E-state index contributed by atoms with van der Waals surface area (Å²) < 4.78 is 15.7. The van der Waals surface area contributed by atoms with Gasteiger partial charge in [-0.05, 0) is 6.92 Å². The molecule has 0 unspecified atom stereocenters. The molecule has 4 nitrogen and oxygen atoms in total. The van der Waals surface area contributed by atoms with Crippen LogP contribution in [0.5, 0.6) is 11.5 Å². The number of rotatable bonds is 4. The molecule has 5 heteroatoms. The quantitative estimate of drug-likeness (QED) is 0.807. The molecule has 0 aliphatic heterocycles. The van der Waals surface area contributed by atoms with Crippen molar-refractivity contribution < 1.29 is 19.0 Å². The zero-order valence-electron chi connectivity index (χ0n) is 11.5. The lowest BCUT2D eigenvalue weighted by Gasteiger charge is -2.16. The summed E-state index contributed by atoms with van der Waals surface area (Å²) in [7, 11) is 2.95. The van der Waals surface area contributed by atoms with Crippen LogP contribution in [0, 0.1) is 0 Å². The summed E-state index contributed by atoms with van der Waals surface area (Å²) in [6.07, 6.45) is 0. The summed E-state index contributed by atoms with van der Waals surface area (Å²) in [6, 6.07) is 7.39. The minimum atomic E-state index is -0.520. The van der Waals surface area contributed by atoms with Crippen LogP contribution in [0.15, 0.2) is 24.3 Å². The zero-order valence-corrected chi connectivity index (χ0v) is 12.3. The Morgan fingerprint density at radius 3 is 2.25 bits per heavy atom. The van der Waals surface area contributed by atoms with Gasteiger partial charge in [0.25, 0.3) is 0 Å². The fourth-order valence-corrected chi connectivity index (χ4v) is 2.47. The largest absolute Gasteiger partial charge is 0.495 e. The van der Waals surface area contributed by atoms with Gasteiger partial charge in [0.15, 0.2) is 5.75 Å². The van der Waals surface area contributed by atoms with Gasteiger partial charge in [-0.2, -0.15) is 0 Å². The second-order valence-corrected chi connectivity index (χ2v) is 4.40. The van der Waals surface area contributed by atoms with Gasteiger partial charge in [0.1, 0.15) is 11.3 Å². The molecular formula is C15H15ClO4. The van der Waals surface area contributed by atoms with Crippen molar-refractivity contribution in [2.24, 2.45) is 0 Å². The normalized spacial score (nSPS) is 10.4. The summed E-state index contributed by atoms with van der Waals surface area (Å²) in [5.74, 6) is 0.148. The highest BCUT2D eigenvalue weighted by atomic mass is 35.5. The van der Waals surface area contributed by atoms with Gasteiger partial charge >= 0.3 is 5.97 Å². The molecule has 0 atom stereocenters. The van der Waals surface area contributed by atoms with Crippen molar-refractivity contribution in [1.29, 1.82) is 0 Å². The van der Waals surface area contributed by atoms with Crippen LogP contribution in [0.2, 0.25) is 5.02 Å².